The molecule has 0 saturated carbocycles. The second-order valence-electron chi connectivity index (χ2n) is 33.8. The van der Waals surface area contributed by atoms with E-state index in [4.69, 9.17) is 29.9 Å². The molecule has 141 heavy (non-hydrogen) atoms. The van der Waals surface area contributed by atoms with Gasteiger partial charge in [-0.05, 0) is 151 Å². The predicted octanol–water partition coefficient (Wildman–Crippen LogP) is 25.6. The first kappa shape index (κ1) is 90.6. The first-order valence-electron chi connectivity index (χ1n) is 44.8. The molecule has 21 nitrogen and oxygen atoms in total. The van der Waals surface area contributed by atoms with Gasteiger partial charge in [0.15, 0.2) is 0 Å². The number of hydrogen-bond acceptors (Lipinski definition) is 15. The van der Waals surface area contributed by atoms with Crippen LogP contribution >= 0.6 is 34.0 Å². The van der Waals surface area contributed by atoms with Gasteiger partial charge in [-0.1, -0.05) is 107 Å². The molecule has 12 aromatic carbocycles. The van der Waals surface area contributed by atoms with Gasteiger partial charge in [0.2, 0.25) is 0 Å². The summed E-state index contributed by atoms with van der Waals surface area (Å²) in [7, 11) is 12.0. The number of aryl methyl sites for hydroxylation is 6. The van der Waals surface area contributed by atoms with Gasteiger partial charge < -0.3 is 56.1 Å². The van der Waals surface area contributed by atoms with Crippen molar-refractivity contribution in [3.63, 3.8) is 0 Å². The SMILES string of the molecule is Cn1ccnc1-c1ccc(-c2[c-]c(-n3c4[c-]c(-c5nc6ccccc6s5)ccc4c4cc(-c5nccn5C)ccc43)ccc2)nc1.Cn1ccnc1-c1ccc(-c2[c-]c(-n3c4[c-]c(-c5nc6ccccc6s5)ccc4c4ccccc43)c(-c3nccn3C)cc2)nc1.Cn1ccnc1-c1ccc2nc(-c3[c-]c4c(cc3)c3cc(-c5nccn5C)ccc3n4-c3[c-]c(-c4ccccn4)ccc3)sc2c1.[Pt+2].[Pt+2].[Pt+2]. The summed E-state index contributed by atoms with van der Waals surface area (Å²) in [6.07, 6.45) is 28.2. The van der Waals surface area contributed by atoms with E-state index in [1.165, 1.54) is 0 Å². The first-order valence-corrected chi connectivity index (χ1v) is 47.2. The molecule has 0 aliphatic carbocycles. The van der Waals surface area contributed by atoms with Crippen LogP contribution in [0.3, 0.4) is 0 Å². The molecule has 27 heteroatoms. The molecule has 0 spiro atoms. The van der Waals surface area contributed by atoms with Gasteiger partial charge in [0.25, 0.3) is 0 Å². The number of nitrogens with zero attached hydrogens (tertiary/aromatic N) is 21. The van der Waals surface area contributed by atoms with Crippen molar-refractivity contribution in [1.29, 1.82) is 0 Å². The molecular weight excluding hydrogens is 2340 g/mol. The Bertz CT molecular complexity index is 9360. The van der Waals surface area contributed by atoms with Crippen LogP contribution in [0, 0.1) is 36.4 Å². The van der Waals surface area contributed by atoms with Crippen LogP contribution in [0.2, 0.25) is 0 Å². The Balaban J connectivity index is 0.000000120. The normalized spacial score (nSPS) is 11.4. The van der Waals surface area contributed by atoms with Crippen molar-refractivity contribution in [2.45, 2.75) is 0 Å². The molecule has 15 heterocycles. The quantitative estimate of drug-likeness (QED) is 0.0881. The van der Waals surface area contributed by atoms with E-state index in [1.807, 2.05) is 199 Å². The number of pyridine rings is 3. The molecule has 0 N–H and O–H groups in total. The van der Waals surface area contributed by atoms with Crippen molar-refractivity contribution < 1.29 is 63.2 Å². The molecule has 0 amide bonds. The van der Waals surface area contributed by atoms with Gasteiger partial charge in [0.1, 0.15) is 29.1 Å². The molecule has 27 rings (SSSR count). The minimum atomic E-state index is 0. The van der Waals surface area contributed by atoms with Gasteiger partial charge in [-0.25, -0.2) is 29.9 Å². The summed E-state index contributed by atoms with van der Waals surface area (Å²) >= 11 is 5.04. The van der Waals surface area contributed by atoms with E-state index in [0.29, 0.717) is 0 Å². The zero-order valence-corrected chi connectivity index (χ0v) is 85.2. The Hall–Kier alpha value is -15.5. The van der Waals surface area contributed by atoms with E-state index in [0.717, 1.165) is 247 Å². The molecular formula is C114H75N21Pt3S3. The molecule has 27 aromatic rings. The number of para-hydroxylation sites is 3. The smallest absolute Gasteiger partial charge is 0.346 e. The minimum Gasteiger partial charge on any atom is -0.346 e. The van der Waals surface area contributed by atoms with Crippen LogP contribution in [0.25, 0.3) is 247 Å². The number of benzene rings is 12. The van der Waals surface area contributed by atoms with E-state index in [-0.39, 0.29) is 63.2 Å². The molecule has 684 valence electrons. The number of thiazole rings is 3. The molecule has 0 unspecified atom stereocenters. The zero-order valence-electron chi connectivity index (χ0n) is 76.0. The van der Waals surface area contributed by atoms with Crippen molar-refractivity contribution in [2.75, 3.05) is 0 Å². The minimum absolute atomic E-state index is 0. The van der Waals surface area contributed by atoms with Gasteiger partial charge in [-0.2, -0.15) is 34.0 Å². The molecule has 0 aliphatic rings. The Morgan fingerprint density at radius 1 is 0.241 bits per heavy atom. The summed E-state index contributed by atoms with van der Waals surface area (Å²) in [5.41, 5.74) is 26.0. The van der Waals surface area contributed by atoms with Crippen LogP contribution in [-0.2, 0) is 105 Å². The van der Waals surface area contributed by atoms with Crippen molar-refractivity contribution in [3.8, 4) is 151 Å². The van der Waals surface area contributed by atoms with Crippen molar-refractivity contribution >= 4 is 130 Å². The maximum Gasteiger partial charge on any atom is 2.00 e. The number of imidazole rings is 6. The topological polar surface area (TPSA) is 199 Å². The zero-order chi connectivity index (χ0) is 92.3. The average Bonchev–Trinajstić information content (AvgIpc) is 1.58. The third kappa shape index (κ3) is 16.5. The fourth-order valence-electron chi connectivity index (χ4n) is 18.5. The third-order valence-corrected chi connectivity index (χ3v) is 28.5. The number of hydrogen-bond donors (Lipinski definition) is 0. The molecule has 0 radical (unpaired) electrons. The van der Waals surface area contributed by atoms with E-state index in [9.17, 15) is 0 Å². The second kappa shape index (κ2) is 37.7. The Morgan fingerprint density at radius 2 is 0.617 bits per heavy atom. The number of rotatable bonds is 15. The second-order valence-corrected chi connectivity index (χ2v) is 36.9. The average molecular weight is 2420 g/mol. The van der Waals surface area contributed by atoms with Crippen molar-refractivity contribution in [3.05, 3.63) is 384 Å². The van der Waals surface area contributed by atoms with E-state index in [2.05, 4.69) is 286 Å². The van der Waals surface area contributed by atoms with Crippen LogP contribution in [0.15, 0.2) is 348 Å². The maximum atomic E-state index is 5.03. The summed E-state index contributed by atoms with van der Waals surface area (Å²) in [6, 6.07) is 110. The van der Waals surface area contributed by atoms with Crippen LogP contribution in [0.5, 0.6) is 0 Å². The van der Waals surface area contributed by atoms with E-state index in [1.54, 1.807) is 46.4 Å². The Labute approximate surface area is 863 Å². The van der Waals surface area contributed by atoms with E-state index >= 15 is 0 Å². The molecule has 0 atom stereocenters. The third-order valence-electron chi connectivity index (χ3n) is 25.3. The molecule has 0 fully saturated rings. The maximum absolute atomic E-state index is 5.03. The first-order chi connectivity index (χ1) is 67.8. The standard InChI is InChI=1S/3C38H25N7S.3Pt/c1-43-19-17-39-36(43)26-13-16-30(41-23-26)24-11-15-29(37-40-18-20-44(37)2)34(21-24)45-32-9-5-3-7-27(32)28-14-12-25(22-33(28)45)38-42-31-8-4-6-10-35(31)46-38;1-43-18-16-40-36(43)25-11-14-33-30(21-25)29-12-9-27(38-42-32-13-10-26(23-35(32)46-38)37-41-17-19-44(37)2)22-34(29)45(33)28-7-5-6-24(20-28)31-8-3-4-15-39-31;1-43-18-16-39-36(43)25-12-15-33-30(21-25)29-13-10-26(38-42-32-8-3-4-9-35(32)46-38)22-34(29)45(33)28-7-5-6-24(20-28)31-14-11-27(23-41-31)37-40-17-19-44(37)2;;;/h3-20,23H,1-2H3;2*3-19,21,23H,1-2H3;;;/q3*-2;3*+2. The van der Waals surface area contributed by atoms with Crippen molar-refractivity contribution in [2.24, 2.45) is 42.3 Å². The van der Waals surface area contributed by atoms with Crippen LogP contribution in [0.4, 0.5) is 0 Å². The van der Waals surface area contributed by atoms with Gasteiger partial charge in [0.05, 0.1) is 22.4 Å². The summed E-state index contributed by atoms with van der Waals surface area (Å²) in [4.78, 5) is 56.6. The van der Waals surface area contributed by atoms with Gasteiger partial charge >= 0.3 is 63.2 Å². The predicted molar refractivity (Wildman–Crippen MR) is 554 cm³/mol. The van der Waals surface area contributed by atoms with Gasteiger partial charge in [-0.15, -0.1) is 155 Å². The Morgan fingerprint density at radius 3 is 1.06 bits per heavy atom. The monoisotopic (exact) mass is 2420 g/mol. The summed E-state index contributed by atoms with van der Waals surface area (Å²) in [5.74, 6) is 5.38. The van der Waals surface area contributed by atoms with Crippen molar-refractivity contribution in [1.82, 2.24) is 101 Å². The molecule has 0 bridgehead atoms. The largest absolute Gasteiger partial charge is 2.00 e. The molecule has 15 aromatic heterocycles. The summed E-state index contributed by atoms with van der Waals surface area (Å²) < 4.78 is 22.3. The van der Waals surface area contributed by atoms with Gasteiger partial charge in [-0.3, -0.25) is 15.0 Å². The fourth-order valence-corrected chi connectivity index (χ4v) is 21.4. The summed E-state index contributed by atoms with van der Waals surface area (Å²) in [5, 5.41) is 9.53. The Kier molecular flexibility index (Phi) is 24.2. The summed E-state index contributed by atoms with van der Waals surface area (Å²) in [6.45, 7) is 0. The molecule has 0 aliphatic heterocycles. The van der Waals surface area contributed by atoms with E-state index < -0.39 is 0 Å². The van der Waals surface area contributed by atoms with Crippen LogP contribution in [0.1, 0.15) is 0 Å². The fraction of sp³-hybridized carbons (Fsp3) is 0.0526. The van der Waals surface area contributed by atoms with Crippen LogP contribution in [-0.4, -0.2) is 101 Å². The number of fused-ring (bicyclic) bond motifs is 12. The van der Waals surface area contributed by atoms with Crippen LogP contribution < -0.4 is 0 Å². The van der Waals surface area contributed by atoms with Gasteiger partial charge in [0, 0.05) is 209 Å². The number of aromatic nitrogens is 21. The molecule has 0 saturated heterocycles.